The van der Waals surface area contributed by atoms with E-state index in [2.05, 4.69) is 20.1 Å². The Balaban J connectivity index is 1.62. The summed E-state index contributed by atoms with van der Waals surface area (Å²) in [5.74, 6) is -1.75. The van der Waals surface area contributed by atoms with Crippen LogP contribution in [0.5, 0.6) is 0 Å². The molecule has 8 nitrogen and oxygen atoms in total. The van der Waals surface area contributed by atoms with Gasteiger partial charge in [0, 0.05) is 24.9 Å². The van der Waals surface area contributed by atoms with Gasteiger partial charge in [0.05, 0.1) is 23.2 Å². The van der Waals surface area contributed by atoms with Gasteiger partial charge in [-0.15, -0.1) is 0 Å². The summed E-state index contributed by atoms with van der Waals surface area (Å²) in [5.41, 5.74) is 1.29. The Labute approximate surface area is 161 Å². The third kappa shape index (κ3) is 2.77. The van der Waals surface area contributed by atoms with E-state index in [4.69, 9.17) is 4.42 Å². The fraction of sp³-hybridized carbons (Fsp3) is 0.222. The highest BCUT2D eigenvalue weighted by atomic mass is 19.4. The SMILES string of the molecule is O=C(c1ocnc1C(F)(F)F)N1CCc2[nH]cnc2C1c1cc2ccccn2n1. The number of oxazole rings is 1. The van der Waals surface area contributed by atoms with E-state index >= 15 is 0 Å². The lowest BCUT2D eigenvalue weighted by atomic mass is 9.99. The summed E-state index contributed by atoms with van der Waals surface area (Å²) in [6.45, 7) is 0.171. The van der Waals surface area contributed by atoms with Gasteiger partial charge in [-0.1, -0.05) is 6.07 Å². The number of hydrogen-bond donors (Lipinski definition) is 1. The number of carbonyl (C=O) groups is 1. The number of fused-ring (bicyclic) bond motifs is 2. The fourth-order valence-electron chi connectivity index (χ4n) is 3.62. The van der Waals surface area contributed by atoms with Gasteiger partial charge in [-0.25, -0.2) is 14.5 Å². The number of imidazole rings is 1. The van der Waals surface area contributed by atoms with Gasteiger partial charge in [0.25, 0.3) is 5.91 Å². The number of pyridine rings is 1. The summed E-state index contributed by atoms with van der Waals surface area (Å²) in [4.78, 5) is 24.9. The molecule has 1 unspecified atom stereocenters. The maximum atomic E-state index is 13.2. The number of aromatic nitrogens is 5. The molecule has 5 heterocycles. The molecule has 0 spiro atoms. The second kappa shape index (κ2) is 6.19. The number of halogens is 3. The van der Waals surface area contributed by atoms with Crippen molar-refractivity contribution >= 4 is 11.4 Å². The lowest BCUT2D eigenvalue weighted by molar-refractivity contribution is -0.141. The normalized spacial score (nSPS) is 16.9. The van der Waals surface area contributed by atoms with Crippen LogP contribution in [0.2, 0.25) is 0 Å². The van der Waals surface area contributed by atoms with E-state index in [0.29, 0.717) is 24.2 Å². The predicted molar refractivity (Wildman–Crippen MR) is 91.9 cm³/mol. The Morgan fingerprint density at radius 2 is 2.14 bits per heavy atom. The monoisotopic (exact) mass is 402 g/mol. The molecule has 0 saturated heterocycles. The van der Waals surface area contributed by atoms with Crippen LogP contribution in [0, 0.1) is 0 Å². The van der Waals surface area contributed by atoms with Crippen LogP contribution >= 0.6 is 0 Å². The number of carbonyl (C=O) groups excluding carboxylic acids is 1. The molecule has 1 aliphatic rings. The molecule has 0 bridgehead atoms. The molecule has 29 heavy (non-hydrogen) atoms. The first-order valence-electron chi connectivity index (χ1n) is 8.71. The molecule has 148 valence electrons. The predicted octanol–water partition coefficient (Wildman–Crippen LogP) is 2.85. The number of alkyl halides is 3. The number of H-pyrrole nitrogens is 1. The Morgan fingerprint density at radius 3 is 2.93 bits per heavy atom. The Bertz CT molecular complexity index is 1170. The number of hydrogen-bond acceptors (Lipinski definition) is 5. The lowest BCUT2D eigenvalue weighted by Gasteiger charge is -2.33. The molecular weight excluding hydrogens is 389 g/mol. The van der Waals surface area contributed by atoms with Crippen LogP contribution in [0.25, 0.3) is 5.52 Å². The minimum Gasteiger partial charge on any atom is -0.438 e. The number of aromatic amines is 1. The molecule has 0 fully saturated rings. The van der Waals surface area contributed by atoms with Gasteiger partial charge in [-0.3, -0.25) is 4.79 Å². The van der Waals surface area contributed by atoms with Crippen molar-refractivity contribution < 1.29 is 22.4 Å². The van der Waals surface area contributed by atoms with Crippen molar-refractivity contribution in [3.8, 4) is 0 Å². The lowest BCUT2D eigenvalue weighted by Crippen LogP contribution is -2.41. The van der Waals surface area contributed by atoms with Crippen LogP contribution in [0.1, 0.15) is 39.4 Å². The molecule has 5 rings (SSSR count). The summed E-state index contributed by atoms with van der Waals surface area (Å²) in [6, 6.07) is 6.50. The van der Waals surface area contributed by atoms with Crippen molar-refractivity contribution in [2.24, 2.45) is 0 Å². The van der Waals surface area contributed by atoms with Crippen LogP contribution in [0.15, 0.2) is 47.6 Å². The summed E-state index contributed by atoms with van der Waals surface area (Å²) >= 11 is 0. The molecule has 0 radical (unpaired) electrons. The third-order valence-electron chi connectivity index (χ3n) is 4.89. The van der Waals surface area contributed by atoms with Gasteiger partial charge in [0.15, 0.2) is 12.1 Å². The number of nitrogens with zero attached hydrogens (tertiary/aromatic N) is 5. The van der Waals surface area contributed by atoms with Gasteiger partial charge >= 0.3 is 6.18 Å². The molecule has 0 aliphatic carbocycles. The molecule has 0 saturated carbocycles. The highest BCUT2D eigenvalue weighted by Crippen LogP contribution is 2.37. The molecular formula is C18H13F3N6O2. The molecule has 1 N–H and O–H groups in total. The fourth-order valence-corrected chi connectivity index (χ4v) is 3.62. The van der Waals surface area contributed by atoms with E-state index in [1.807, 2.05) is 12.1 Å². The quantitative estimate of drug-likeness (QED) is 0.557. The Kier molecular flexibility index (Phi) is 3.73. The van der Waals surface area contributed by atoms with Crippen LogP contribution in [0.4, 0.5) is 13.2 Å². The third-order valence-corrected chi connectivity index (χ3v) is 4.89. The maximum Gasteiger partial charge on any atom is 0.437 e. The maximum absolute atomic E-state index is 13.2. The zero-order chi connectivity index (χ0) is 20.2. The molecule has 4 aromatic heterocycles. The molecule has 1 atom stereocenters. The number of amides is 1. The number of nitrogens with one attached hydrogen (secondary N) is 1. The van der Waals surface area contributed by atoms with E-state index in [0.717, 1.165) is 11.2 Å². The smallest absolute Gasteiger partial charge is 0.437 e. The van der Waals surface area contributed by atoms with Crippen LogP contribution in [-0.4, -0.2) is 41.9 Å². The van der Waals surface area contributed by atoms with Crippen LogP contribution < -0.4 is 0 Å². The molecule has 1 aliphatic heterocycles. The van der Waals surface area contributed by atoms with Gasteiger partial charge in [-0.2, -0.15) is 18.3 Å². The van der Waals surface area contributed by atoms with Crippen LogP contribution in [-0.2, 0) is 12.6 Å². The van der Waals surface area contributed by atoms with E-state index in [1.165, 1.54) is 11.2 Å². The zero-order valence-electron chi connectivity index (χ0n) is 14.7. The summed E-state index contributed by atoms with van der Waals surface area (Å²) in [6.07, 6.45) is -0.515. The largest absolute Gasteiger partial charge is 0.438 e. The second-order valence-corrected chi connectivity index (χ2v) is 6.58. The first kappa shape index (κ1) is 17.5. The second-order valence-electron chi connectivity index (χ2n) is 6.58. The average Bonchev–Trinajstić information content (AvgIpc) is 3.44. The van der Waals surface area contributed by atoms with Crippen molar-refractivity contribution in [3.05, 3.63) is 71.7 Å². The Hall–Kier alpha value is -3.63. The van der Waals surface area contributed by atoms with Gasteiger partial charge in [0.1, 0.15) is 6.04 Å². The van der Waals surface area contributed by atoms with E-state index in [9.17, 15) is 18.0 Å². The molecule has 0 aromatic carbocycles. The van der Waals surface area contributed by atoms with E-state index < -0.39 is 29.6 Å². The standard InChI is InChI=1S/C18H13F3N6O2/c19-18(20,21)16-15(29-9-24-16)17(28)26-6-4-11-13(23-8-22-11)14(26)12-7-10-3-1-2-5-27(10)25-12/h1-3,5,7-9,14H,4,6H2,(H,22,23). The van der Waals surface area contributed by atoms with E-state index in [1.54, 1.807) is 22.8 Å². The van der Waals surface area contributed by atoms with Crippen molar-refractivity contribution in [2.45, 2.75) is 18.6 Å². The highest BCUT2D eigenvalue weighted by Gasteiger charge is 2.44. The molecule has 11 heteroatoms. The number of rotatable bonds is 2. The average molecular weight is 402 g/mol. The van der Waals surface area contributed by atoms with Crippen molar-refractivity contribution in [3.63, 3.8) is 0 Å². The van der Waals surface area contributed by atoms with Gasteiger partial charge in [-0.05, 0) is 18.2 Å². The summed E-state index contributed by atoms with van der Waals surface area (Å²) in [7, 11) is 0. The molecule has 4 aromatic rings. The topological polar surface area (TPSA) is 92.3 Å². The van der Waals surface area contributed by atoms with Crippen molar-refractivity contribution in [1.29, 1.82) is 0 Å². The Morgan fingerprint density at radius 1 is 1.28 bits per heavy atom. The summed E-state index contributed by atoms with van der Waals surface area (Å²) in [5, 5.41) is 4.50. The first-order chi connectivity index (χ1) is 13.9. The van der Waals surface area contributed by atoms with Gasteiger partial charge < -0.3 is 14.3 Å². The first-order valence-corrected chi connectivity index (χ1v) is 8.71. The summed E-state index contributed by atoms with van der Waals surface area (Å²) < 4.78 is 46.2. The zero-order valence-corrected chi connectivity index (χ0v) is 14.7. The van der Waals surface area contributed by atoms with E-state index in [-0.39, 0.29) is 6.54 Å². The van der Waals surface area contributed by atoms with Crippen molar-refractivity contribution in [2.75, 3.05) is 6.54 Å². The minimum atomic E-state index is -4.80. The van der Waals surface area contributed by atoms with Crippen LogP contribution in [0.3, 0.4) is 0 Å². The molecule has 1 amide bonds. The van der Waals surface area contributed by atoms with Gasteiger partial charge in [0.2, 0.25) is 5.76 Å². The minimum absolute atomic E-state index is 0.171. The highest BCUT2D eigenvalue weighted by molar-refractivity contribution is 5.93. The van der Waals surface area contributed by atoms with Crippen molar-refractivity contribution in [1.82, 2.24) is 29.5 Å².